The molecular weight excluding hydrogens is 356 g/mol. The van der Waals surface area contributed by atoms with Gasteiger partial charge in [-0.2, -0.15) is 0 Å². The number of ether oxygens (including phenoxy) is 1. The molecule has 0 bridgehead atoms. The third-order valence-corrected chi connectivity index (χ3v) is 4.44. The first kappa shape index (κ1) is 21.2. The van der Waals surface area contributed by atoms with E-state index < -0.39 is 23.2 Å². The Hall–Kier alpha value is -3.15. The number of rotatable bonds is 7. The average molecular weight is 382 g/mol. The minimum Gasteiger partial charge on any atom is -0.462 e. The van der Waals surface area contributed by atoms with E-state index in [9.17, 15) is 14.4 Å². The van der Waals surface area contributed by atoms with Crippen LogP contribution < -0.4 is 10.6 Å². The minimum atomic E-state index is -1.29. The quantitative estimate of drug-likeness (QED) is 0.559. The highest BCUT2D eigenvalue weighted by molar-refractivity contribution is 6.14. The third-order valence-electron chi connectivity index (χ3n) is 4.44. The number of benzene rings is 2. The molecule has 0 fully saturated rings. The summed E-state index contributed by atoms with van der Waals surface area (Å²) in [5.41, 5.74) is 1.30. The van der Waals surface area contributed by atoms with Gasteiger partial charge in [0.15, 0.2) is 0 Å². The number of carbonyl (C=O) groups excluding carboxylic acids is 3. The lowest BCUT2D eigenvalue weighted by Gasteiger charge is -2.23. The van der Waals surface area contributed by atoms with Crippen molar-refractivity contribution in [3.63, 3.8) is 0 Å². The molecule has 0 saturated heterocycles. The van der Waals surface area contributed by atoms with E-state index in [0.717, 1.165) is 12.0 Å². The van der Waals surface area contributed by atoms with Gasteiger partial charge in [-0.05, 0) is 63.1 Å². The fourth-order valence-corrected chi connectivity index (χ4v) is 2.52. The van der Waals surface area contributed by atoms with Crippen molar-refractivity contribution < 1.29 is 19.1 Å². The SMILES string of the molecule is CCOC(=O)c1ccc(NC(=O)C(C)(C)C(=O)Nc2ccccc2CC)cc1. The minimum absolute atomic E-state index is 0.293. The van der Waals surface area contributed by atoms with Crippen molar-refractivity contribution in [1.82, 2.24) is 0 Å². The summed E-state index contributed by atoms with van der Waals surface area (Å²) in [6.45, 7) is 7.17. The summed E-state index contributed by atoms with van der Waals surface area (Å²) in [5, 5.41) is 5.57. The Morgan fingerprint density at radius 1 is 0.893 bits per heavy atom. The van der Waals surface area contributed by atoms with Crippen LogP contribution in [0.5, 0.6) is 0 Å². The van der Waals surface area contributed by atoms with Gasteiger partial charge in [-0.15, -0.1) is 0 Å². The second-order valence-corrected chi connectivity index (χ2v) is 6.84. The van der Waals surface area contributed by atoms with Crippen molar-refractivity contribution in [2.24, 2.45) is 5.41 Å². The zero-order valence-corrected chi connectivity index (χ0v) is 16.7. The molecule has 2 aromatic rings. The van der Waals surface area contributed by atoms with Crippen LogP contribution in [0.1, 0.15) is 43.6 Å². The van der Waals surface area contributed by atoms with Crippen molar-refractivity contribution >= 4 is 29.2 Å². The lowest BCUT2D eigenvalue weighted by Crippen LogP contribution is -2.41. The van der Waals surface area contributed by atoms with Gasteiger partial charge in [-0.3, -0.25) is 9.59 Å². The normalized spacial score (nSPS) is 10.9. The summed E-state index contributed by atoms with van der Waals surface area (Å²) in [4.78, 5) is 37.1. The Labute approximate surface area is 165 Å². The zero-order chi connectivity index (χ0) is 20.7. The molecule has 148 valence electrons. The molecule has 0 atom stereocenters. The summed E-state index contributed by atoms with van der Waals surface area (Å²) < 4.78 is 4.93. The number of hydrogen-bond donors (Lipinski definition) is 2. The third kappa shape index (κ3) is 4.97. The Kier molecular flexibility index (Phi) is 6.93. The van der Waals surface area contributed by atoms with Crippen LogP contribution in [0.3, 0.4) is 0 Å². The van der Waals surface area contributed by atoms with E-state index in [1.54, 1.807) is 45.0 Å². The monoisotopic (exact) mass is 382 g/mol. The van der Waals surface area contributed by atoms with E-state index in [4.69, 9.17) is 4.74 Å². The van der Waals surface area contributed by atoms with Gasteiger partial charge in [-0.1, -0.05) is 25.1 Å². The highest BCUT2D eigenvalue weighted by Crippen LogP contribution is 2.24. The first-order valence-electron chi connectivity index (χ1n) is 9.27. The van der Waals surface area contributed by atoms with Gasteiger partial charge in [0, 0.05) is 11.4 Å². The van der Waals surface area contributed by atoms with Crippen molar-refractivity contribution in [3.05, 3.63) is 59.7 Å². The summed E-state index contributed by atoms with van der Waals surface area (Å²) in [5.74, 6) is -1.26. The molecule has 0 heterocycles. The second-order valence-electron chi connectivity index (χ2n) is 6.84. The van der Waals surface area contributed by atoms with E-state index in [2.05, 4.69) is 10.6 Å². The molecule has 2 rings (SSSR count). The van der Waals surface area contributed by atoms with Gasteiger partial charge in [0.25, 0.3) is 0 Å². The molecule has 0 radical (unpaired) electrons. The molecule has 2 N–H and O–H groups in total. The van der Waals surface area contributed by atoms with Crippen LogP contribution in [-0.2, 0) is 20.7 Å². The maximum atomic E-state index is 12.7. The summed E-state index contributed by atoms with van der Waals surface area (Å²) >= 11 is 0. The molecule has 0 unspecified atom stereocenters. The van der Waals surface area contributed by atoms with Gasteiger partial charge in [-0.25, -0.2) is 4.79 Å². The second kappa shape index (κ2) is 9.17. The molecule has 0 saturated carbocycles. The van der Waals surface area contributed by atoms with E-state index in [1.165, 1.54) is 0 Å². The largest absolute Gasteiger partial charge is 0.462 e. The van der Waals surface area contributed by atoms with Gasteiger partial charge in [0.1, 0.15) is 5.41 Å². The fraction of sp³-hybridized carbons (Fsp3) is 0.318. The molecule has 6 nitrogen and oxygen atoms in total. The first-order chi connectivity index (χ1) is 13.3. The van der Waals surface area contributed by atoms with E-state index in [-0.39, 0.29) is 0 Å². The van der Waals surface area contributed by atoms with E-state index in [0.29, 0.717) is 23.5 Å². The molecule has 0 aliphatic carbocycles. The molecule has 0 spiro atoms. The Morgan fingerprint density at radius 3 is 2.11 bits per heavy atom. The number of nitrogens with one attached hydrogen (secondary N) is 2. The van der Waals surface area contributed by atoms with Gasteiger partial charge < -0.3 is 15.4 Å². The van der Waals surface area contributed by atoms with E-state index >= 15 is 0 Å². The fourth-order valence-electron chi connectivity index (χ4n) is 2.52. The highest BCUT2D eigenvalue weighted by atomic mass is 16.5. The molecule has 6 heteroatoms. The van der Waals surface area contributed by atoms with Gasteiger partial charge in [0.2, 0.25) is 11.8 Å². The molecular formula is C22H26N2O4. The van der Waals surface area contributed by atoms with Crippen molar-refractivity contribution in [2.75, 3.05) is 17.2 Å². The number of hydrogen-bond acceptors (Lipinski definition) is 4. The van der Waals surface area contributed by atoms with Crippen LogP contribution in [0.4, 0.5) is 11.4 Å². The standard InChI is InChI=1S/C22H26N2O4/c1-5-15-9-7-8-10-18(15)24-21(27)22(3,4)20(26)23-17-13-11-16(12-14-17)19(25)28-6-2/h7-14H,5-6H2,1-4H3,(H,23,26)(H,24,27). The smallest absolute Gasteiger partial charge is 0.338 e. The number of para-hydroxylation sites is 1. The van der Waals surface area contributed by atoms with Crippen LogP contribution in [0, 0.1) is 5.41 Å². The summed E-state index contributed by atoms with van der Waals surface area (Å²) in [6, 6.07) is 13.8. The lowest BCUT2D eigenvalue weighted by atomic mass is 9.90. The summed E-state index contributed by atoms with van der Waals surface area (Å²) in [6.07, 6.45) is 0.774. The van der Waals surface area contributed by atoms with Crippen molar-refractivity contribution in [3.8, 4) is 0 Å². The average Bonchev–Trinajstić information content (AvgIpc) is 2.69. The topological polar surface area (TPSA) is 84.5 Å². The Balaban J connectivity index is 2.07. The Morgan fingerprint density at radius 2 is 1.50 bits per heavy atom. The van der Waals surface area contributed by atoms with Crippen LogP contribution >= 0.6 is 0 Å². The molecule has 0 aromatic heterocycles. The lowest BCUT2D eigenvalue weighted by molar-refractivity contribution is -0.135. The number of carbonyl (C=O) groups is 3. The predicted molar refractivity (Wildman–Crippen MR) is 109 cm³/mol. The number of anilines is 2. The Bertz CT molecular complexity index is 857. The molecule has 2 aromatic carbocycles. The predicted octanol–water partition coefficient (Wildman–Crippen LogP) is 4.03. The number of esters is 1. The molecule has 0 aliphatic rings. The molecule has 28 heavy (non-hydrogen) atoms. The van der Waals surface area contributed by atoms with E-state index in [1.807, 2.05) is 31.2 Å². The highest BCUT2D eigenvalue weighted by Gasteiger charge is 2.36. The van der Waals surface area contributed by atoms with Crippen LogP contribution in [0.2, 0.25) is 0 Å². The van der Waals surface area contributed by atoms with Gasteiger partial charge in [0.05, 0.1) is 12.2 Å². The van der Waals surface area contributed by atoms with Crippen LogP contribution in [-0.4, -0.2) is 24.4 Å². The number of aryl methyl sites for hydroxylation is 1. The van der Waals surface area contributed by atoms with Crippen molar-refractivity contribution in [2.45, 2.75) is 34.1 Å². The maximum Gasteiger partial charge on any atom is 0.338 e. The molecule has 0 aliphatic heterocycles. The zero-order valence-electron chi connectivity index (χ0n) is 16.7. The number of amides is 2. The van der Waals surface area contributed by atoms with Crippen LogP contribution in [0.15, 0.2) is 48.5 Å². The maximum absolute atomic E-state index is 12.7. The summed E-state index contributed by atoms with van der Waals surface area (Å²) in [7, 11) is 0. The van der Waals surface area contributed by atoms with Crippen molar-refractivity contribution in [1.29, 1.82) is 0 Å². The van der Waals surface area contributed by atoms with Gasteiger partial charge >= 0.3 is 5.97 Å². The molecule has 2 amide bonds. The van der Waals surface area contributed by atoms with Crippen LogP contribution in [0.25, 0.3) is 0 Å². The first-order valence-corrected chi connectivity index (χ1v) is 9.27.